The summed E-state index contributed by atoms with van der Waals surface area (Å²) < 4.78 is 1.70. The fraction of sp³-hybridized carbons (Fsp3) is 0.667. The highest BCUT2D eigenvalue weighted by atomic mass is 15.4. The van der Waals surface area contributed by atoms with Crippen molar-refractivity contribution in [3.63, 3.8) is 0 Å². The topological polar surface area (TPSA) is 56.7 Å². The Balaban J connectivity index is 2.82. The Morgan fingerprint density at radius 3 is 2.90 bits per heavy atom. The van der Waals surface area contributed by atoms with Crippen molar-refractivity contribution in [2.24, 2.45) is 12.8 Å². The predicted molar refractivity (Wildman–Crippen MR) is 38.2 cm³/mol. The lowest BCUT2D eigenvalue weighted by Crippen LogP contribution is -2.13. The van der Waals surface area contributed by atoms with Crippen molar-refractivity contribution in [3.05, 3.63) is 11.9 Å². The van der Waals surface area contributed by atoms with Crippen LogP contribution < -0.4 is 5.73 Å². The highest BCUT2D eigenvalue weighted by Gasteiger charge is 2.06. The quantitative estimate of drug-likeness (QED) is 0.639. The molecule has 0 aliphatic carbocycles. The van der Waals surface area contributed by atoms with Crippen LogP contribution in [0.1, 0.15) is 25.1 Å². The number of nitrogens with two attached hydrogens (primary N) is 1. The van der Waals surface area contributed by atoms with Gasteiger partial charge >= 0.3 is 0 Å². The lowest BCUT2D eigenvalue weighted by atomic mass is 10.2. The number of hydrogen-bond acceptors (Lipinski definition) is 3. The van der Waals surface area contributed by atoms with Crippen LogP contribution in [0.15, 0.2) is 6.20 Å². The minimum Gasteiger partial charge on any atom is -0.323 e. The highest BCUT2D eigenvalue weighted by molar-refractivity contribution is 4.99. The first kappa shape index (κ1) is 7.21. The van der Waals surface area contributed by atoms with E-state index in [-0.39, 0.29) is 6.04 Å². The minimum absolute atomic E-state index is 0.0694. The number of rotatable bonds is 2. The van der Waals surface area contributed by atoms with E-state index in [0.29, 0.717) is 0 Å². The van der Waals surface area contributed by atoms with Gasteiger partial charge in [-0.1, -0.05) is 12.1 Å². The molecule has 0 fully saturated rings. The SMILES string of the molecule is CCC(N)c1cnnn1C. The van der Waals surface area contributed by atoms with Crippen LogP contribution in [-0.2, 0) is 7.05 Å². The van der Waals surface area contributed by atoms with Gasteiger partial charge in [-0.25, -0.2) is 0 Å². The number of nitrogens with zero attached hydrogens (tertiary/aromatic N) is 3. The standard InChI is InChI=1S/C6H12N4/c1-3-5(7)6-4-8-9-10(6)2/h4-5H,3,7H2,1-2H3. The second kappa shape index (κ2) is 2.79. The van der Waals surface area contributed by atoms with Crippen LogP contribution in [0.2, 0.25) is 0 Å². The first-order valence-electron chi connectivity index (χ1n) is 3.36. The van der Waals surface area contributed by atoms with Crippen LogP contribution in [0.4, 0.5) is 0 Å². The molecule has 0 spiro atoms. The molecule has 0 bridgehead atoms. The van der Waals surface area contributed by atoms with Gasteiger partial charge in [0.15, 0.2) is 0 Å². The van der Waals surface area contributed by atoms with E-state index in [4.69, 9.17) is 5.73 Å². The van der Waals surface area contributed by atoms with E-state index >= 15 is 0 Å². The highest BCUT2D eigenvalue weighted by Crippen LogP contribution is 2.09. The van der Waals surface area contributed by atoms with Gasteiger partial charge < -0.3 is 5.73 Å². The Morgan fingerprint density at radius 1 is 1.80 bits per heavy atom. The van der Waals surface area contributed by atoms with Gasteiger partial charge in [-0.3, -0.25) is 4.68 Å². The Hall–Kier alpha value is -0.900. The maximum absolute atomic E-state index is 5.74. The Kier molecular flexibility index (Phi) is 2.01. The molecule has 1 rings (SSSR count). The summed E-state index contributed by atoms with van der Waals surface area (Å²) in [7, 11) is 1.85. The molecule has 0 aromatic carbocycles. The van der Waals surface area contributed by atoms with Gasteiger partial charge in [0.2, 0.25) is 0 Å². The molecule has 1 aromatic rings. The largest absolute Gasteiger partial charge is 0.323 e. The summed E-state index contributed by atoms with van der Waals surface area (Å²) in [6.45, 7) is 2.04. The molecule has 0 aliphatic rings. The molecule has 0 radical (unpaired) electrons. The fourth-order valence-corrected chi connectivity index (χ4v) is 0.842. The zero-order valence-corrected chi connectivity index (χ0v) is 6.28. The first-order valence-corrected chi connectivity index (χ1v) is 3.36. The van der Waals surface area contributed by atoms with Crippen molar-refractivity contribution in [1.29, 1.82) is 0 Å². The van der Waals surface area contributed by atoms with Crippen LogP contribution in [0.5, 0.6) is 0 Å². The smallest absolute Gasteiger partial charge is 0.0750 e. The molecule has 2 N–H and O–H groups in total. The van der Waals surface area contributed by atoms with Crippen LogP contribution in [0.25, 0.3) is 0 Å². The Labute approximate surface area is 60.0 Å². The molecule has 1 heterocycles. The third-order valence-corrected chi connectivity index (χ3v) is 1.57. The number of aryl methyl sites for hydroxylation is 1. The molecule has 4 nitrogen and oxygen atoms in total. The summed E-state index contributed by atoms with van der Waals surface area (Å²) in [6, 6.07) is 0.0694. The summed E-state index contributed by atoms with van der Waals surface area (Å²) in [5, 5.41) is 7.50. The van der Waals surface area contributed by atoms with E-state index < -0.39 is 0 Å². The van der Waals surface area contributed by atoms with E-state index in [9.17, 15) is 0 Å². The van der Waals surface area contributed by atoms with Gasteiger partial charge in [-0.2, -0.15) is 0 Å². The van der Waals surface area contributed by atoms with Gasteiger partial charge in [0.25, 0.3) is 0 Å². The van der Waals surface area contributed by atoms with Crippen molar-refractivity contribution < 1.29 is 0 Å². The first-order chi connectivity index (χ1) is 4.75. The van der Waals surface area contributed by atoms with E-state index in [1.807, 2.05) is 14.0 Å². The molecular formula is C6H12N4. The van der Waals surface area contributed by atoms with Crippen molar-refractivity contribution >= 4 is 0 Å². The molecule has 0 saturated carbocycles. The van der Waals surface area contributed by atoms with Gasteiger partial charge in [0.05, 0.1) is 11.9 Å². The maximum atomic E-state index is 5.74. The third-order valence-electron chi connectivity index (χ3n) is 1.57. The zero-order valence-electron chi connectivity index (χ0n) is 6.28. The zero-order chi connectivity index (χ0) is 7.56. The van der Waals surface area contributed by atoms with Gasteiger partial charge in [0.1, 0.15) is 0 Å². The average Bonchev–Trinajstić information content (AvgIpc) is 2.34. The predicted octanol–water partition coefficient (Wildman–Crippen LogP) is 0.225. The Morgan fingerprint density at radius 2 is 2.50 bits per heavy atom. The normalized spacial score (nSPS) is 13.5. The molecule has 0 saturated heterocycles. The molecule has 1 atom stereocenters. The van der Waals surface area contributed by atoms with Gasteiger partial charge in [0, 0.05) is 13.1 Å². The Bertz CT molecular complexity index is 205. The number of aromatic nitrogens is 3. The molecular weight excluding hydrogens is 128 g/mol. The minimum atomic E-state index is 0.0694. The fourth-order valence-electron chi connectivity index (χ4n) is 0.842. The average molecular weight is 140 g/mol. The van der Waals surface area contributed by atoms with Crippen molar-refractivity contribution in [2.45, 2.75) is 19.4 Å². The van der Waals surface area contributed by atoms with E-state index in [1.54, 1.807) is 10.9 Å². The monoisotopic (exact) mass is 140 g/mol. The summed E-state index contributed by atoms with van der Waals surface area (Å²) in [5.74, 6) is 0. The van der Waals surface area contributed by atoms with Crippen molar-refractivity contribution in [1.82, 2.24) is 15.0 Å². The summed E-state index contributed by atoms with van der Waals surface area (Å²) >= 11 is 0. The molecule has 56 valence electrons. The van der Waals surface area contributed by atoms with E-state index in [1.165, 1.54) is 0 Å². The van der Waals surface area contributed by atoms with Gasteiger partial charge in [-0.15, -0.1) is 5.10 Å². The van der Waals surface area contributed by atoms with Gasteiger partial charge in [-0.05, 0) is 6.42 Å². The summed E-state index contributed by atoms with van der Waals surface area (Å²) in [4.78, 5) is 0. The number of hydrogen-bond donors (Lipinski definition) is 1. The second-order valence-electron chi connectivity index (χ2n) is 2.30. The molecule has 0 aliphatic heterocycles. The van der Waals surface area contributed by atoms with E-state index in [0.717, 1.165) is 12.1 Å². The summed E-state index contributed by atoms with van der Waals surface area (Å²) in [6.07, 6.45) is 2.62. The van der Waals surface area contributed by atoms with Crippen LogP contribution in [0.3, 0.4) is 0 Å². The van der Waals surface area contributed by atoms with Crippen LogP contribution in [-0.4, -0.2) is 15.0 Å². The van der Waals surface area contributed by atoms with Crippen LogP contribution >= 0.6 is 0 Å². The second-order valence-corrected chi connectivity index (χ2v) is 2.30. The summed E-state index contributed by atoms with van der Waals surface area (Å²) in [5.41, 5.74) is 6.73. The molecule has 1 unspecified atom stereocenters. The lowest BCUT2D eigenvalue weighted by Gasteiger charge is -2.06. The lowest BCUT2D eigenvalue weighted by molar-refractivity contribution is 0.597. The molecule has 10 heavy (non-hydrogen) atoms. The molecule has 1 aromatic heterocycles. The molecule has 0 amide bonds. The van der Waals surface area contributed by atoms with Crippen molar-refractivity contribution in [2.75, 3.05) is 0 Å². The van der Waals surface area contributed by atoms with E-state index in [2.05, 4.69) is 10.3 Å². The van der Waals surface area contributed by atoms with Crippen LogP contribution in [0, 0.1) is 0 Å². The molecule has 4 heteroatoms. The maximum Gasteiger partial charge on any atom is 0.0750 e. The van der Waals surface area contributed by atoms with Crippen molar-refractivity contribution in [3.8, 4) is 0 Å². The third kappa shape index (κ3) is 1.16.